The smallest absolute Gasteiger partial charge is 0.223 e. The molecule has 0 fully saturated rings. The van der Waals surface area contributed by atoms with Gasteiger partial charge < -0.3 is 4.90 Å². The topological polar surface area (TPSA) is 20.3 Å². The predicted molar refractivity (Wildman–Crippen MR) is 63.1 cm³/mol. The van der Waals surface area contributed by atoms with Crippen LogP contribution in [-0.4, -0.2) is 12.5 Å². The van der Waals surface area contributed by atoms with Crippen LogP contribution in [0.5, 0.6) is 0 Å². The van der Waals surface area contributed by atoms with Gasteiger partial charge in [-0.1, -0.05) is 0 Å². The van der Waals surface area contributed by atoms with E-state index in [9.17, 15) is 4.79 Å². The van der Waals surface area contributed by atoms with Gasteiger partial charge in [0.05, 0.1) is 0 Å². The van der Waals surface area contributed by atoms with Crippen molar-refractivity contribution in [3.63, 3.8) is 0 Å². The van der Waals surface area contributed by atoms with Gasteiger partial charge >= 0.3 is 0 Å². The van der Waals surface area contributed by atoms with Gasteiger partial charge in [-0.15, -0.1) is 12.6 Å². The molecular formula is C10H10BrNOS. The minimum absolute atomic E-state index is 0.0996. The Morgan fingerprint density at radius 2 is 2.29 bits per heavy atom. The van der Waals surface area contributed by atoms with Crippen LogP contribution < -0.4 is 4.90 Å². The maximum absolute atomic E-state index is 11.3. The summed E-state index contributed by atoms with van der Waals surface area (Å²) in [5.74, 6) is 0.0996. The number of hydrogen-bond acceptors (Lipinski definition) is 2. The Morgan fingerprint density at radius 1 is 1.57 bits per heavy atom. The summed E-state index contributed by atoms with van der Waals surface area (Å²) >= 11 is 7.74. The number of carbonyl (C=O) groups is 1. The summed E-state index contributed by atoms with van der Waals surface area (Å²) in [7, 11) is 0. The fourth-order valence-electron chi connectivity index (χ4n) is 1.73. The number of anilines is 1. The number of hydrogen-bond donors (Lipinski definition) is 1. The van der Waals surface area contributed by atoms with Gasteiger partial charge in [0.2, 0.25) is 5.91 Å². The van der Waals surface area contributed by atoms with E-state index in [4.69, 9.17) is 0 Å². The van der Waals surface area contributed by atoms with Crippen LogP contribution in [0.3, 0.4) is 0 Å². The first kappa shape index (κ1) is 10.1. The third kappa shape index (κ3) is 1.57. The van der Waals surface area contributed by atoms with Gasteiger partial charge in [0.1, 0.15) is 0 Å². The van der Waals surface area contributed by atoms with Crippen LogP contribution in [0.15, 0.2) is 21.5 Å². The molecule has 0 saturated carbocycles. The Morgan fingerprint density at radius 3 is 2.93 bits per heavy atom. The van der Waals surface area contributed by atoms with Gasteiger partial charge in [0.25, 0.3) is 0 Å². The summed E-state index contributed by atoms with van der Waals surface area (Å²) in [4.78, 5) is 14.0. The minimum Gasteiger partial charge on any atom is -0.312 e. The first-order valence-electron chi connectivity index (χ1n) is 4.39. The van der Waals surface area contributed by atoms with Crippen molar-refractivity contribution in [1.82, 2.24) is 0 Å². The molecule has 2 nitrogen and oxygen atoms in total. The van der Waals surface area contributed by atoms with Crippen molar-refractivity contribution in [1.29, 1.82) is 0 Å². The molecule has 4 heteroatoms. The fraction of sp³-hybridized carbons (Fsp3) is 0.300. The molecule has 0 N–H and O–H groups in total. The van der Waals surface area contributed by atoms with Crippen LogP contribution in [0.25, 0.3) is 0 Å². The molecular weight excluding hydrogens is 262 g/mol. The Labute approximate surface area is 96.8 Å². The molecule has 14 heavy (non-hydrogen) atoms. The van der Waals surface area contributed by atoms with Gasteiger partial charge in [-0.2, -0.15) is 0 Å². The van der Waals surface area contributed by atoms with Crippen molar-refractivity contribution >= 4 is 40.2 Å². The number of nitrogens with zero attached hydrogens (tertiary/aromatic N) is 1. The lowest BCUT2D eigenvalue weighted by molar-refractivity contribution is -0.116. The molecule has 2 rings (SSSR count). The average molecular weight is 272 g/mol. The van der Waals surface area contributed by atoms with E-state index in [0.29, 0.717) is 0 Å². The van der Waals surface area contributed by atoms with E-state index in [2.05, 4.69) is 28.6 Å². The van der Waals surface area contributed by atoms with Crippen molar-refractivity contribution in [2.24, 2.45) is 0 Å². The molecule has 1 aromatic carbocycles. The normalized spacial score (nSPS) is 14.4. The summed E-state index contributed by atoms with van der Waals surface area (Å²) in [6.45, 7) is 2.38. The van der Waals surface area contributed by atoms with Crippen LogP contribution in [-0.2, 0) is 11.2 Å². The van der Waals surface area contributed by atoms with Crippen molar-refractivity contribution in [3.05, 3.63) is 22.2 Å². The van der Waals surface area contributed by atoms with Gasteiger partial charge in [0, 0.05) is 28.5 Å². The highest BCUT2D eigenvalue weighted by atomic mass is 79.9. The van der Waals surface area contributed by atoms with Gasteiger partial charge in [-0.05, 0) is 40.0 Å². The highest BCUT2D eigenvalue weighted by Crippen LogP contribution is 2.34. The van der Waals surface area contributed by atoms with E-state index in [1.807, 2.05) is 12.1 Å². The van der Waals surface area contributed by atoms with Crippen LogP contribution in [0.2, 0.25) is 0 Å². The van der Waals surface area contributed by atoms with Gasteiger partial charge in [-0.25, -0.2) is 0 Å². The predicted octanol–water partition coefficient (Wildman–Crippen LogP) is 2.65. The lowest BCUT2D eigenvalue weighted by Gasteiger charge is -2.15. The molecule has 0 aromatic heterocycles. The summed E-state index contributed by atoms with van der Waals surface area (Å²) in [5, 5.41) is 0. The number of benzene rings is 1. The van der Waals surface area contributed by atoms with E-state index >= 15 is 0 Å². The number of amides is 1. The standard InChI is InChI=1S/C10H10BrNOS/c1-6(13)12-3-2-7-4-10(14)8(11)5-9(7)12/h4-5,14H,2-3H2,1H3. The summed E-state index contributed by atoms with van der Waals surface area (Å²) in [6.07, 6.45) is 0.926. The lowest BCUT2D eigenvalue weighted by atomic mass is 10.2. The van der Waals surface area contributed by atoms with E-state index in [1.54, 1.807) is 11.8 Å². The van der Waals surface area contributed by atoms with Crippen molar-refractivity contribution < 1.29 is 4.79 Å². The maximum atomic E-state index is 11.3. The SMILES string of the molecule is CC(=O)N1CCc2cc(S)c(Br)cc21. The van der Waals surface area contributed by atoms with E-state index in [-0.39, 0.29) is 5.91 Å². The number of rotatable bonds is 0. The van der Waals surface area contributed by atoms with Crippen LogP contribution >= 0.6 is 28.6 Å². The zero-order valence-electron chi connectivity index (χ0n) is 7.75. The van der Waals surface area contributed by atoms with E-state index in [1.165, 1.54) is 5.56 Å². The molecule has 0 unspecified atom stereocenters. The molecule has 0 atom stereocenters. The average Bonchev–Trinajstić information content (AvgIpc) is 2.48. The fourth-order valence-corrected chi connectivity index (χ4v) is 2.28. The molecule has 1 amide bonds. The zero-order chi connectivity index (χ0) is 10.3. The Balaban J connectivity index is 2.50. The zero-order valence-corrected chi connectivity index (χ0v) is 10.2. The summed E-state index contributed by atoms with van der Waals surface area (Å²) in [5.41, 5.74) is 2.22. The Bertz CT molecular complexity index is 405. The lowest BCUT2D eigenvalue weighted by Crippen LogP contribution is -2.25. The molecule has 0 aliphatic carbocycles. The van der Waals surface area contributed by atoms with E-state index in [0.717, 1.165) is 28.0 Å². The number of halogens is 1. The molecule has 0 spiro atoms. The van der Waals surface area contributed by atoms with Crippen LogP contribution in [0.1, 0.15) is 12.5 Å². The van der Waals surface area contributed by atoms with Crippen molar-refractivity contribution in [2.75, 3.05) is 11.4 Å². The second-order valence-corrected chi connectivity index (χ2v) is 4.69. The molecule has 0 bridgehead atoms. The largest absolute Gasteiger partial charge is 0.312 e. The first-order chi connectivity index (χ1) is 6.59. The Kier molecular flexibility index (Phi) is 2.58. The number of thiol groups is 1. The summed E-state index contributed by atoms with van der Waals surface area (Å²) in [6, 6.07) is 3.98. The third-order valence-corrected chi connectivity index (χ3v) is 3.76. The molecule has 1 aliphatic rings. The van der Waals surface area contributed by atoms with Crippen LogP contribution in [0.4, 0.5) is 5.69 Å². The van der Waals surface area contributed by atoms with Gasteiger partial charge in [-0.3, -0.25) is 4.79 Å². The van der Waals surface area contributed by atoms with Crippen LogP contribution in [0, 0.1) is 0 Å². The van der Waals surface area contributed by atoms with Crippen molar-refractivity contribution in [2.45, 2.75) is 18.2 Å². The second kappa shape index (κ2) is 3.59. The minimum atomic E-state index is 0.0996. The summed E-state index contributed by atoms with van der Waals surface area (Å²) < 4.78 is 0.938. The van der Waals surface area contributed by atoms with Gasteiger partial charge in [0.15, 0.2) is 0 Å². The molecule has 1 aromatic rings. The Hall–Kier alpha value is -0.480. The van der Waals surface area contributed by atoms with E-state index < -0.39 is 0 Å². The molecule has 1 heterocycles. The number of carbonyl (C=O) groups excluding carboxylic acids is 1. The quantitative estimate of drug-likeness (QED) is 0.720. The maximum Gasteiger partial charge on any atom is 0.223 e. The molecule has 0 radical (unpaired) electrons. The first-order valence-corrected chi connectivity index (χ1v) is 5.63. The highest BCUT2D eigenvalue weighted by Gasteiger charge is 2.22. The number of fused-ring (bicyclic) bond motifs is 1. The highest BCUT2D eigenvalue weighted by molar-refractivity contribution is 9.10. The molecule has 74 valence electrons. The second-order valence-electron chi connectivity index (χ2n) is 3.35. The van der Waals surface area contributed by atoms with Crippen molar-refractivity contribution in [3.8, 4) is 0 Å². The molecule has 0 saturated heterocycles. The molecule has 1 aliphatic heterocycles. The third-order valence-electron chi connectivity index (χ3n) is 2.42. The monoisotopic (exact) mass is 271 g/mol.